The lowest BCUT2D eigenvalue weighted by atomic mass is 9.89. The summed E-state index contributed by atoms with van der Waals surface area (Å²) in [6, 6.07) is 12.1. The van der Waals surface area contributed by atoms with Gasteiger partial charge in [-0.25, -0.2) is 9.69 Å². The number of nitrogens with zero attached hydrogens (tertiary/aromatic N) is 2. The number of benzene rings is 2. The quantitative estimate of drug-likeness (QED) is 0.387. The van der Waals surface area contributed by atoms with Crippen molar-refractivity contribution in [2.75, 3.05) is 38.8 Å². The van der Waals surface area contributed by atoms with Crippen LogP contribution in [0.3, 0.4) is 0 Å². The van der Waals surface area contributed by atoms with Crippen LogP contribution in [-0.2, 0) is 20.7 Å². The fourth-order valence-electron chi connectivity index (χ4n) is 5.09. The highest BCUT2D eigenvalue weighted by Gasteiger charge is 2.43. The first-order chi connectivity index (χ1) is 17.4. The van der Waals surface area contributed by atoms with Crippen molar-refractivity contribution in [1.29, 1.82) is 0 Å². The number of carbonyl (C=O) groups is 3. The Hall–Kier alpha value is -3.39. The van der Waals surface area contributed by atoms with E-state index in [1.165, 1.54) is 10.5 Å². The van der Waals surface area contributed by atoms with E-state index >= 15 is 0 Å². The molecule has 4 rings (SSSR count). The van der Waals surface area contributed by atoms with E-state index in [1.807, 2.05) is 12.1 Å². The number of piperidine rings is 1. The first-order valence-corrected chi connectivity index (χ1v) is 12.5. The number of methoxy groups -OCH3 is 2. The molecule has 36 heavy (non-hydrogen) atoms. The van der Waals surface area contributed by atoms with Gasteiger partial charge in [0, 0.05) is 0 Å². The Morgan fingerprint density at radius 3 is 2.31 bits per heavy atom. The zero-order valence-electron chi connectivity index (χ0n) is 21.2. The third kappa shape index (κ3) is 5.54. The smallest absolute Gasteiger partial charge is 0.338 e. The van der Waals surface area contributed by atoms with Crippen LogP contribution in [0, 0.1) is 5.92 Å². The minimum Gasteiger partial charge on any atom is -0.493 e. The van der Waals surface area contributed by atoms with Crippen molar-refractivity contribution < 1.29 is 28.6 Å². The number of hydrogen-bond donors (Lipinski definition) is 0. The largest absolute Gasteiger partial charge is 0.493 e. The summed E-state index contributed by atoms with van der Waals surface area (Å²) in [5.41, 5.74) is 2.10. The van der Waals surface area contributed by atoms with Gasteiger partial charge in [0.2, 0.25) is 5.91 Å². The van der Waals surface area contributed by atoms with Gasteiger partial charge in [-0.3, -0.25) is 14.5 Å². The lowest BCUT2D eigenvalue weighted by molar-refractivity contribution is -0.123. The van der Waals surface area contributed by atoms with Crippen molar-refractivity contribution in [1.82, 2.24) is 4.90 Å². The molecule has 2 amide bonds. The van der Waals surface area contributed by atoms with Gasteiger partial charge in [-0.15, -0.1) is 0 Å². The van der Waals surface area contributed by atoms with Crippen molar-refractivity contribution in [3.8, 4) is 11.5 Å². The zero-order valence-corrected chi connectivity index (χ0v) is 21.2. The second-order valence-corrected chi connectivity index (χ2v) is 9.26. The highest BCUT2D eigenvalue weighted by molar-refractivity contribution is 6.22. The monoisotopic (exact) mass is 494 g/mol. The average Bonchev–Trinajstić information content (AvgIpc) is 3.21. The molecule has 2 saturated heterocycles. The van der Waals surface area contributed by atoms with Gasteiger partial charge in [-0.1, -0.05) is 6.07 Å². The molecule has 8 heteroatoms. The van der Waals surface area contributed by atoms with Crippen molar-refractivity contribution >= 4 is 23.5 Å². The third-order valence-corrected chi connectivity index (χ3v) is 7.14. The zero-order chi connectivity index (χ0) is 25.7. The first-order valence-electron chi connectivity index (χ1n) is 12.5. The van der Waals surface area contributed by atoms with E-state index in [2.05, 4.69) is 11.0 Å². The Morgan fingerprint density at radius 2 is 1.67 bits per heavy atom. The number of carbonyl (C=O) groups excluding carboxylic acids is 3. The van der Waals surface area contributed by atoms with Gasteiger partial charge in [-0.05, 0) is 93.6 Å². The van der Waals surface area contributed by atoms with Crippen LogP contribution in [0.2, 0.25) is 0 Å². The molecular weight excluding hydrogens is 460 g/mol. The summed E-state index contributed by atoms with van der Waals surface area (Å²) in [6.45, 7) is 3.64. The van der Waals surface area contributed by atoms with Crippen LogP contribution in [0.15, 0.2) is 42.5 Å². The van der Waals surface area contributed by atoms with E-state index in [0.29, 0.717) is 17.2 Å². The molecule has 0 spiro atoms. The SMILES string of the molecule is CCOC(=O)c1ccc(N2C(=O)CC(N3CCC(CCc4ccc(OC)c(OC)c4)CC3)C2=O)cc1. The van der Waals surface area contributed by atoms with Gasteiger partial charge in [0.15, 0.2) is 11.5 Å². The van der Waals surface area contributed by atoms with E-state index in [-0.39, 0.29) is 24.8 Å². The van der Waals surface area contributed by atoms with Crippen molar-refractivity contribution in [3.63, 3.8) is 0 Å². The van der Waals surface area contributed by atoms with Gasteiger partial charge >= 0.3 is 5.97 Å². The molecule has 1 atom stereocenters. The predicted molar refractivity (Wildman–Crippen MR) is 135 cm³/mol. The molecule has 0 aliphatic carbocycles. The number of ether oxygens (including phenoxy) is 3. The molecule has 2 aromatic carbocycles. The number of rotatable bonds is 9. The van der Waals surface area contributed by atoms with E-state index in [4.69, 9.17) is 14.2 Å². The normalized spacial score (nSPS) is 19.0. The maximum absolute atomic E-state index is 13.2. The molecule has 2 aromatic rings. The molecule has 192 valence electrons. The summed E-state index contributed by atoms with van der Waals surface area (Å²) in [5.74, 6) is 1.24. The highest BCUT2D eigenvalue weighted by atomic mass is 16.5. The number of esters is 1. The number of imide groups is 1. The van der Waals surface area contributed by atoms with Crippen LogP contribution >= 0.6 is 0 Å². The van der Waals surface area contributed by atoms with Crippen molar-refractivity contribution in [2.45, 2.75) is 45.1 Å². The van der Waals surface area contributed by atoms with E-state index in [9.17, 15) is 14.4 Å². The summed E-state index contributed by atoms with van der Waals surface area (Å²) < 4.78 is 15.7. The van der Waals surface area contributed by atoms with Gasteiger partial charge in [0.25, 0.3) is 5.91 Å². The lowest BCUT2D eigenvalue weighted by Gasteiger charge is -2.34. The maximum Gasteiger partial charge on any atom is 0.338 e. The van der Waals surface area contributed by atoms with Crippen molar-refractivity contribution in [2.24, 2.45) is 5.92 Å². The van der Waals surface area contributed by atoms with Gasteiger partial charge in [0.05, 0.1) is 44.5 Å². The third-order valence-electron chi connectivity index (χ3n) is 7.14. The van der Waals surface area contributed by atoms with E-state index in [1.54, 1.807) is 45.4 Å². The van der Waals surface area contributed by atoms with Crippen LogP contribution in [0.1, 0.15) is 48.5 Å². The first kappa shape index (κ1) is 25.7. The summed E-state index contributed by atoms with van der Waals surface area (Å²) >= 11 is 0. The Kier molecular flexibility index (Phi) is 8.25. The summed E-state index contributed by atoms with van der Waals surface area (Å²) in [7, 11) is 3.28. The number of anilines is 1. The van der Waals surface area contributed by atoms with Crippen LogP contribution < -0.4 is 14.4 Å². The molecule has 8 nitrogen and oxygen atoms in total. The van der Waals surface area contributed by atoms with Crippen LogP contribution in [0.25, 0.3) is 0 Å². The fraction of sp³-hybridized carbons (Fsp3) is 0.464. The highest BCUT2D eigenvalue weighted by Crippen LogP contribution is 2.32. The number of likely N-dealkylation sites (tertiary alicyclic amines) is 1. The second kappa shape index (κ2) is 11.6. The minimum atomic E-state index is -0.422. The average molecular weight is 495 g/mol. The molecule has 0 saturated carbocycles. The number of aryl methyl sites for hydroxylation is 1. The van der Waals surface area contributed by atoms with E-state index in [0.717, 1.165) is 50.3 Å². The molecule has 0 N–H and O–H groups in total. The van der Waals surface area contributed by atoms with Gasteiger partial charge in [0.1, 0.15) is 0 Å². The van der Waals surface area contributed by atoms with E-state index < -0.39 is 12.0 Å². The summed E-state index contributed by atoms with van der Waals surface area (Å²) in [6.07, 6.45) is 4.22. The molecule has 2 aliphatic heterocycles. The molecule has 1 unspecified atom stereocenters. The molecule has 0 radical (unpaired) electrons. The molecule has 2 aliphatic rings. The van der Waals surface area contributed by atoms with Crippen LogP contribution in [0.5, 0.6) is 11.5 Å². The number of amides is 2. The Labute approximate surface area is 212 Å². The van der Waals surface area contributed by atoms with Gasteiger partial charge in [-0.2, -0.15) is 0 Å². The molecule has 0 aromatic heterocycles. The van der Waals surface area contributed by atoms with Crippen molar-refractivity contribution in [3.05, 3.63) is 53.6 Å². The topological polar surface area (TPSA) is 85.4 Å². The molecule has 0 bridgehead atoms. The fourth-order valence-corrected chi connectivity index (χ4v) is 5.09. The lowest BCUT2D eigenvalue weighted by Crippen LogP contribution is -2.46. The molecular formula is C28H34N2O6. The van der Waals surface area contributed by atoms with Crippen LogP contribution in [0.4, 0.5) is 5.69 Å². The Morgan fingerprint density at radius 1 is 0.972 bits per heavy atom. The van der Waals surface area contributed by atoms with Gasteiger partial charge < -0.3 is 14.2 Å². The summed E-state index contributed by atoms with van der Waals surface area (Å²) in [4.78, 5) is 41.2. The second-order valence-electron chi connectivity index (χ2n) is 9.26. The van der Waals surface area contributed by atoms with Crippen LogP contribution in [-0.4, -0.2) is 62.6 Å². The minimum absolute atomic E-state index is 0.187. The maximum atomic E-state index is 13.2. The standard InChI is InChI=1S/C28H34N2O6/c1-4-36-28(33)21-8-10-22(11-9-21)30-26(31)18-23(27(30)32)29-15-13-19(14-16-29)5-6-20-7-12-24(34-2)25(17-20)35-3/h7-12,17,19,23H,4-6,13-16,18H2,1-3H3. The predicted octanol–water partition coefficient (Wildman–Crippen LogP) is 3.86. The Balaban J connectivity index is 1.31. The summed E-state index contributed by atoms with van der Waals surface area (Å²) in [5, 5.41) is 0. The molecule has 2 heterocycles. The number of hydrogen-bond acceptors (Lipinski definition) is 7. The Bertz CT molecular complexity index is 1090. The molecule has 2 fully saturated rings.